The maximum Gasteiger partial charge on any atom is 0.127 e. The molecular formula is C16H21ClIN3. The lowest BCUT2D eigenvalue weighted by atomic mass is 10.3. The Morgan fingerprint density at radius 3 is 2.76 bits per heavy atom. The third-order valence-corrected chi connectivity index (χ3v) is 5.02. The molecule has 2 aromatic rings. The van der Waals surface area contributed by atoms with Crippen molar-refractivity contribution in [3.8, 4) is 0 Å². The van der Waals surface area contributed by atoms with Crippen LogP contribution >= 0.6 is 34.2 Å². The second-order valence-corrected chi connectivity index (χ2v) is 7.67. The number of hydrogen-bond acceptors (Lipinski definition) is 2. The van der Waals surface area contributed by atoms with E-state index >= 15 is 0 Å². The van der Waals surface area contributed by atoms with E-state index in [-0.39, 0.29) is 5.38 Å². The van der Waals surface area contributed by atoms with Gasteiger partial charge in [-0.05, 0) is 86.6 Å². The van der Waals surface area contributed by atoms with Crippen LogP contribution in [0.15, 0.2) is 18.2 Å². The van der Waals surface area contributed by atoms with Crippen molar-refractivity contribution in [2.75, 3.05) is 19.6 Å². The van der Waals surface area contributed by atoms with Crippen molar-refractivity contribution in [2.45, 2.75) is 38.1 Å². The summed E-state index contributed by atoms with van der Waals surface area (Å²) >= 11 is 8.66. The van der Waals surface area contributed by atoms with Crippen molar-refractivity contribution in [3.05, 3.63) is 27.6 Å². The van der Waals surface area contributed by atoms with E-state index in [0.29, 0.717) is 0 Å². The number of halogens is 2. The highest BCUT2D eigenvalue weighted by Crippen LogP contribution is 2.26. The minimum absolute atomic E-state index is 0.0538. The molecule has 3 nitrogen and oxygen atoms in total. The smallest absolute Gasteiger partial charge is 0.127 e. The van der Waals surface area contributed by atoms with Gasteiger partial charge < -0.3 is 9.47 Å². The second kappa shape index (κ2) is 6.84. The molecule has 21 heavy (non-hydrogen) atoms. The minimum Gasteiger partial charge on any atom is -0.327 e. The van der Waals surface area contributed by atoms with E-state index in [9.17, 15) is 0 Å². The molecule has 0 saturated carbocycles. The average Bonchev–Trinajstić information content (AvgIpc) is 3.06. The number of alkyl halides is 1. The minimum atomic E-state index is -0.0538. The first-order valence-corrected chi connectivity index (χ1v) is 9.19. The van der Waals surface area contributed by atoms with Gasteiger partial charge in [0, 0.05) is 10.1 Å². The van der Waals surface area contributed by atoms with Crippen LogP contribution in [0.1, 0.15) is 37.4 Å². The highest BCUT2D eigenvalue weighted by Gasteiger charge is 2.16. The number of fused-ring (bicyclic) bond motifs is 1. The Hall–Kier alpha value is -0.330. The lowest BCUT2D eigenvalue weighted by Gasteiger charge is -2.16. The summed E-state index contributed by atoms with van der Waals surface area (Å²) in [6.07, 6.45) is 3.88. The molecule has 1 unspecified atom stereocenters. The van der Waals surface area contributed by atoms with Crippen LogP contribution in [0.4, 0.5) is 0 Å². The molecule has 114 valence electrons. The van der Waals surface area contributed by atoms with Gasteiger partial charge in [0.1, 0.15) is 5.82 Å². The molecule has 0 spiro atoms. The largest absolute Gasteiger partial charge is 0.327 e. The Morgan fingerprint density at radius 1 is 1.29 bits per heavy atom. The Balaban J connectivity index is 1.79. The summed E-state index contributed by atoms with van der Waals surface area (Å²) in [6.45, 7) is 6.72. The third-order valence-electron chi connectivity index (χ3n) is 4.15. The molecule has 1 aliphatic heterocycles. The summed E-state index contributed by atoms with van der Waals surface area (Å²) in [4.78, 5) is 7.30. The van der Waals surface area contributed by atoms with Crippen molar-refractivity contribution in [3.63, 3.8) is 0 Å². The summed E-state index contributed by atoms with van der Waals surface area (Å²) < 4.78 is 3.52. The monoisotopic (exact) mass is 417 g/mol. The molecule has 0 N–H and O–H groups in total. The standard InChI is InChI=1S/C16H21ClIN3/c1-12(17)16-19-14-11-13(18)5-6-15(14)21(16)10-4-9-20-7-2-3-8-20/h5-6,11-12H,2-4,7-10H2,1H3. The quantitative estimate of drug-likeness (QED) is 0.530. The van der Waals surface area contributed by atoms with Gasteiger partial charge >= 0.3 is 0 Å². The molecule has 1 aromatic carbocycles. The number of benzene rings is 1. The van der Waals surface area contributed by atoms with Crippen LogP contribution in [-0.4, -0.2) is 34.1 Å². The second-order valence-electron chi connectivity index (χ2n) is 5.77. The average molecular weight is 418 g/mol. The zero-order valence-electron chi connectivity index (χ0n) is 12.4. The fourth-order valence-electron chi connectivity index (χ4n) is 3.12. The predicted octanol–water partition coefficient (Wildman–Crippen LogP) is 4.43. The van der Waals surface area contributed by atoms with Crippen LogP contribution in [-0.2, 0) is 6.54 Å². The predicted molar refractivity (Wildman–Crippen MR) is 97.0 cm³/mol. The van der Waals surface area contributed by atoms with Crippen LogP contribution in [0.2, 0.25) is 0 Å². The van der Waals surface area contributed by atoms with E-state index in [1.165, 1.54) is 41.6 Å². The molecule has 0 radical (unpaired) electrons. The van der Waals surface area contributed by atoms with Gasteiger partial charge in [0.25, 0.3) is 0 Å². The van der Waals surface area contributed by atoms with E-state index in [2.05, 4.69) is 50.3 Å². The molecule has 1 aliphatic rings. The topological polar surface area (TPSA) is 21.1 Å². The SMILES string of the molecule is CC(Cl)c1nc2cc(I)ccc2n1CCCN1CCCC1. The van der Waals surface area contributed by atoms with Gasteiger partial charge in [-0.15, -0.1) is 11.6 Å². The van der Waals surface area contributed by atoms with Crippen LogP contribution in [0.3, 0.4) is 0 Å². The van der Waals surface area contributed by atoms with Gasteiger partial charge in [-0.25, -0.2) is 4.98 Å². The first-order chi connectivity index (χ1) is 10.1. The van der Waals surface area contributed by atoms with Crippen LogP contribution in [0.5, 0.6) is 0 Å². The zero-order chi connectivity index (χ0) is 14.8. The van der Waals surface area contributed by atoms with E-state index < -0.39 is 0 Å². The number of rotatable bonds is 5. The Morgan fingerprint density at radius 2 is 2.05 bits per heavy atom. The highest BCUT2D eigenvalue weighted by molar-refractivity contribution is 14.1. The number of aryl methyl sites for hydroxylation is 1. The third kappa shape index (κ3) is 3.54. The molecule has 3 rings (SSSR count). The molecule has 1 atom stereocenters. The fourth-order valence-corrected chi connectivity index (χ4v) is 3.76. The summed E-state index contributed by atoms with van der Waals surface area (Å²) in [5.74, 6) is 0.995. The molecule has 2 heterocycles. The molecule has 1 saturated heterocycles. The van der Waals surface area contributed by atoms with Crippen molar-refractivity contribution in [1.29, 1.82) is 0 Å². The zero-order valence-corrected chi connectivity index (χ0v) is 15.3. The number of aromatic nitrogens is 2. The number of likely N-dealkylation sites (tertiary alicyclic amines) is 1. The summed E-state index contributed by atoms with van der Waals surface area (Å²) in [5.41, 5.74) is 2.27. The summed E-state index contributed by atoms with van der Waals surface area (Å²) in [7, 11) is 0. The normalized spacial score (nSPS) is 17.7. The van der Waals surface area contributed by atoms with Crippen LogP contribution < -0.4 is 0 Å². The maximum absolute atomic E-state index is 6.33. The lowest BCUT2D eigenvalue weighted by Crippen LogP contribution is -2.21. The van der Waals surface area contributed by atoms with Crippen molar-refractivity contribution >= 4 is 45.2 Å². The maximum atomic E-state index is 6.33. The van der Waals surface area contributed by atoms with Crippen LogP contribution in [0.25, 0.3) is 11.0 Å². The van der Waals surface area contributed by atoms with Gasteiger partial charge in [-0.1, -0.05) is 0 Å². The van der Waals surface area contributed by atoms with Gasteiger partial charge in [0.2, 0.25) is 0 Å². The number of hydrogen-bond donors (Lipinski definition) is 0. The van der Waals surface area contributed by atoms with E-state index in [1.54, 1.807) is 0 Å². The molecule has 0 amide bonds. The summed E-state index contributed by atoms with van der Waals surface area (Å²) in [6, 6.07) is 6.45. The molecule has 0 aliphatic carbocycles. The lowest BCUT2D eigenvalue weighted by molar-refractivity contribution is 0.325. The Bertz CT molecular complexity index is 617. The van der Waals surface area contributed by atoms with Crippen LogP contribution in [0, 0.1) is 3.57 Å². The number of nitrogens with zero attached hydrogens (tertiary/aromatic N) is 3. The molecule has 5 heteroatoms. The van der Waals surface area contributed by atoms with Crippen molar-refractivity contribution in [2.24, 2.45) is 0 Å². The van der Waals surface area contributed by atoms with Gasteiger partial charge in [-0.3, -0.25) is 0 Å². The first-order valence-electron chi connectivity index (χ1n) is 7.67. The first kappa shape index (κ1) is 15.6. The molecule has 1 fully saturated rings. The van der Waals surface area contributed by atoms with Crippen molar-refractivity contribution in [1.82, 2.24) is 14.5 Å². The van der Waals surface area contributed by atoms with E-state index in [4.69, 9.17) is 16.6 Å². The summed E-state index contributed by atoms with van der Waals surface area (Å²) in [5, 5.41) is -0.0538. The van der Waals surface area contributed by atoms with Gasteiger partial charge in [0.05, 0.1) is 16.4 Å². The Kier molecular flexibility index (Phi) is 5.07. The van der Waals surface area contributed by atoms with E-state index in [0.717, 1.165) is 24.3 Å². The number of imidazole rings is 1. The molecule has 0 bridgehead atoms. The molecule has 1 aromatic heterocycles. The van der Waals surface area contributed by atoms with E-state index in [1.807, 2.05) is 6.92 Å². The fraction of sp³-hybridized carbons (Fsp3) is 0.562. The van der Waals surface area contributed by atoms with Gasteiger partial charge in [-0.2, -0.15) is 0 Å². The highest BCUT2D eigenvalue weighted by atomic mass is 127. The van der Waals surface area contributed by atoms with Crippen molar-refractivity contribution < 1.29 is 0 Å². The molecular weight excluding hydrogens is 397 g/mol. The van der Waals surface area contributed by atoms with Gasteiger partial charge in [0.15, 0.2) is 0 Å². The Labute approximate surface area is 144 Å².